The summed E-state index contributed by atoms with van der Waals surface area (Å²) in [5.41, 5.74) is 1.20. The maximum Gasteiger partial charge on any atom is 0.255 e. The van der Waals surface area contributed by atoms with Crippen LogP contribution >= 0.6 is 0 Å². The Morgan fingerprint density at radius 3 is 2.32 bits per heavy atom. The molecule has 0 saturated carbocycles. The highest BCUT2D eigenvalue weighted by atomic mass is 32.2. The van der Waals surface area contributed by atoms with E-state index in [1.54, 1.807) is 24.1 Å². The second-order valence-corrected chi connectivity index (χ2v) is 10.1. The number of nitrogens with zero attached hydrogens (tertiary/aromatic N) is 3. The molecule has 2 aromatic rings. The van der Waals surface area contributed by atoms with Crippen LogP contribution in [0.15, 0.2) is 53.4 Å². The molecule has 2 aromatic carbocycles. The quantitative estimate of drug-likeness (QED) is 0.625. The maximum absolute atomic E-state index is 13.3. The monoisotopic (exact) mass is 445 g/mol. The second-order valence-electron chi connectivity index (χ2n) is 7.90. The van der Waals surface area contributed by atoms with E-state index in [2.05, 4.69) is 4.90 Å². The fraction of sp³-hybridized carbons (Fsp3) is 0.435. The molecule has 0 unspecified atom stereocenters. The molecule has 1 saturated heterocycles. The van der Waals surface area contributed by atoms with Gasteiger partial charge >= 0.3 is 0 Å². The molecule has 168 valence electrons. The first-order valence-electron chi connectivity index (χ1n) is 10.6. The van der Waals surface area contributed by atoms with Crippen LogP contribution in [0.2, 0.25) is 0 Å². The fourth-order valence-electron chi connectivity index (χ4n) is 3.59. The highest BCUT2D eigenvalue weighted by Crippen LogP contribution is 2.28. The first kappa shape index (κ1) is 23.1. The summed E-state index contributed by atoms with van der Waals surface area (Å²) in [6, 6.07) is 14.3. The van der Waals surface area contributed by atoms with Crippen LogP contribution in [-0.4, -0.2) is 70.9 Å². The number of amides is 1. The third kappa shape index (κ3) is 5.57. The zero-order valence-corrected chi connectivity index (χ0v) is 19.3. The normalized spacial score (nSPS) is 14.5. The van der Waals surface area contributed by atoms with Crippen molar-refractivity contribution in [2.75, 3.05) is 52.3 Å². The largest absolute Gasteiger partial charge is 0.492 e. The van der Waals surface area contributed by atoms with Crippen molar-refractivity contribution in [1.29, 1.82) is 0 Å². The molecule has 3 rings (SSSR count). The molecule has 1 aliphatic rings. The van der Waals surface area contributed by atoms with Gasteiger partial charge in [-0.2, -0.15) is 0 Å². The van der Waals surface area contributed by atoms with Crippen LogP contribution < -0.4 is 9.64 Å². The Morgan fingerprint density at radius 2 is 1.68 bits per heavy atom. The summed E-state index contributed by atoms with van der Waals surface area (Å²) in [6.45, 7) is 2.46. The molecule has 0 bridgehead atoms. The van der Waals surface area contributed by atoms with Gasteiger partial charge in [0.05, 0.1) is 17.0 Å². The van der Waals surface area contributed by atoms with Gasteiger partial charge in [0.25, 0.3) is 5.91 Å². The van der Waals surface area contributed by atoms with Crippen LogP contribution in [0.1, 0.15) is 29.6 Å². The minimum absolute atomic E-state index is 0.121. The lowest BCUT2D eigenvalue weighted by molar-refractivity contribution is 0.0774. The molecule has 1 amide bonds. The van der Waals surface area contributed by atoms with Crippen LogP contribution in [0.25, 0.3) is 0 Å². The molecule has 0 radical (unpaired) electrons. The van der Waals surface area contributed by atoms with Gasteiger partial charge in [-0.25, -0.2) is 12.7 Å². The highest BCUT2D eigenvalue weighted by Gasteiger charge is 2.25. The van der Waals surface area contributed by atoms with Crippen molar-refractivity contribution in [1.82, 2.24) is 9.21 Å². The molecule has 0 atom stereocenters. The number of para-hydroxylation sites is 1. The van der Waals surface area contributed by atoms with Gasteiger partial charge in [-0.3, -0.25) is 4.79 Å². The number of piperidine rings is 1. The Balaban J connectivity index is 1.83. The van der Waals surface area contributed by atoms with Crippen LogP contribution in [0, 0.1) is 0 Å². The Bertz CT molecular complexity index is 987. The SMILES string of the molecule is CN(CCOc1ccccc1)C(=O)c1cc(S(=O)(=O)N(C)C)ccc1N1CCCCC1. The number of carbonyl (C=O) groups excluding carboxylic acids is 1. The van der Waals surface area contributed by atoms with Gasteiger partial charge in [0, 0.05) is 39.9 Å². The van der Waals surface area contributed by atoms with E-state index >= 15 is 0 Å². The summed E-state index contributed by atoms with van der Waals surface area (Å²) in [4.78, 5) is 17.2. The first-order chi connectivity index (χ1) is 14.8. The van der Waals surface area contributed by atoms with Crippen LogP contribution in [0.4, 0.5) is 5.69 Å². The number of hydrogen-bond donors (Lipinski definition) is 0. The second kappa shape index (κ2) is 10.2. The predicted molar refractivity (Wildman–Crippen MR) is 122 cm³/mol. The molecular formula is C23H31N3O4S. The topological polar surface area (TPSA) is 70.2 Å². The van der Waals surface area contributed by atoms with Crippen molar-refractivity contribution in [3.63, 3.8) is 0 Å². The third-order valence-corrected chi connectivity index (χ3v) is 7.27. The van der Waals surface area contributed by atoms with E-state index in [0.29, 0.717) is 18.7 Å². The van der Waals surface area contributed by atoms with E-state index in [9.17, 15) is 13.2 Å². The van der Waals surface area contributed by atoms with Gasteiger partial charge in [0.1, 0.15) is 12.4 Å². The molecule has 7 nitrogen and oxygen atoms in total. The summed E-state index contributed by atoms with van der Waals surface area (Å²) >= 11 is 0. The zero-order valence-electron chi connectivity index (χ0n) is 18.5. The van der Waals surface area contributed by atoms with E-state index < -0.39 is 10.0 Å². The minimum Gasteiger partial charge on any atom is -0.492 e. The van der Waals surface area contributed by atoms with Gasteiger partial charge < -0.3 is 14.5 Å². The number of likely N-dealkylation sites (N-methyl/N-ethyl adjacent to an activating group) is 1. The summed E-state index contributed by atoms with van der Waals surface area (Å²) in [5, 5.41) is 0. The molecular weight excluding hydrogens is 414 g/mol. The van der Waals surface area contributed by atoms with Crippen LogP contribution in [0.3, 0.4) is 0 Å². The molecule has 0 spiro atoms. The summed E-state index contributed by atoms with van der Waals surface area (Å²) in [6.07, 6.45) is 3.29. The van der Waals surface area contributed by atoms with Gasteiger partial charge in [-0.1, -0.05) is 18.2 Å². The van der Waals surface area contributed by atoms with Crippen molar-refractivity contribution in [3.05, 3.63) is 54.1 Å². The highest BCUT2D eigenvalue weighted by molar-refractivity contribution is 7.89. The Morgan fingerprint density at radius 1 is 1.00 bits per heavy atom. The van der Waals surface area contributed by atoms with Crippen molar-refractivity contribution in [3.8, 4) is 5.75 Å². The predicted octanol–water partition coefficient (Wildman–Crippen LogP) is 3.08. The van der Waals surface area contributed by atoms with Gasteiger partial charge in [-0.05, 0) is 49.6 Å². The first-order valence-corrected chi connectivity index (χ1v) is 12.0. The average molecular weight is 446 g/mol. The van der Waals surface area contributed by atoms with E-state index in [-0.39, 0.29) is 10.8 Å². The Hall–Kier alpha value is -2.58. The maximum atomic E-state index is 13.3. The summed E-state index contributed by atoms with van der Waals surface area (Å²) in [5.74, 6) is 0.532. The number of ether oxygens (including phenoxy) is 1. The number of carbonyl (C=O) groups is 1. The van der Waals surface area contributed by atoms with E-state index in [0.717, 1.165) is 41.7 Å². The molecule has 1 aliphatic heterocycles. The molecule has 1 heterocycles. The van der Waals surface area contributed by atoms with Crippen molar-refractivity contribution in [2.45, 2.75) is 24.2 Å². The molecule has 0 N–H and O–H groups in total. The van der Waals surface area contributed by atoms with Crippen molar-refractivity contribution < 1.29 is 17.9 Å². The number of benzene rings is 2. The lowest BCUT2D eigenvalue weighted by Gasteiger charge is -2.31. The van der Waals surface area contributed by atoms with Gasteiger partial charge in [0.2, 0.25) is 10.0 Å². The molecule has 8 heteroatoms. The third-order valence-electron chi connectivity index (χ3n) is 5.46. The molecule has 31 heavy (non-hydrogen) atoms. The number of rotatable bonds is 8. The smallest absolute Gasteiger partial charge is 0.255 e. The fourth-order valence-corrected chi connectivity index (χ4v) is 4.52. The van der Waals surface area contributed by atoms with Crippen molar-refractivity contribution in [2.24, 2.45) is 0 Å². The van der Waals surface area contributed by atoms with E-state index in [1.807, 2.05) is 30.3 Å². The van der Waals surface area contributed by atoms with Crippen LogP contribution in [-0.2, 0) is 10.0 Å². The van der Waals surface area contributed by atoms with E-state index in [4.69, 9.17) is 4.74 Å². The van der Waals surface area contributed by atoms with E-state index in [1.165, 1.54) is 26.6 Å². The van der Waals surface area contributed by atoms with Crippen LogP contribution in [0.5, 0.6) is 5.75 Å². The van der Waals surface area contributed by atoms with Gasteiger partial charge in [0.15, 0.2) is 0 Å². The zero-order chi connectivity index (χ0) is 22.4. The molecule has 1 fully saturated rings. The lowest BCUT2D eigenvalue weighted by atomic mass is 10.1. The van der Waals surface area contributed by atoms with Crippen molar-refractivity contribution >= 4 is 21.6 Å². The summed E-state index contributed by atoms with van der Waals surface area (Å²) in [7, 11) is 1.05. The Labute approximate surface area is 185 Å². The lowest BCUT2D eigenvalue weighted by Crippen LogP contribution is -2.35. The average Bonchev–Trinajstić information content (AvgIpc) is 2.79. The number of sulfonamides is 1. The number of hydrogen-bond acceptors (Lipinski definition) is 5. The molecule has 0 aliphatic carbocycles. The Kier molecular flexibility index (Phi) is 7.56. The van der Waals surface area contributed by atoms with Gasteiger partial charge in [-0.15, -0.1) is 0 Å². The molecule has 0 aromatic heterocycles. The standard InChI is InChI=1S/C23H31N3O4S/c1-24(2)31(28,29)20-12-13-22(26-14-8-5-9-15-26)21(18-20)23(27)25(3)16-17-30-19-10-6-4-7-11-19/h4,6-7,10-13,18H,5,8-9,14-17H2,1-3H3. The minimum atomic E-state index is -3.64. The summed E-state index contributed by atoms with van der Waals surface area (Å²) < 4.78 is 32.2. The number of anilines is 1.